The molecule has 3 aromatic carbocycles. The average molecular weight is 474 g/mol. The summed E-state index contributed by atoms with van der Waals surface area (Å²) in [5.41, 5.74) is 3.46. The van der Waals surface area contributed by atoms with Crippen molar-refractivity contribution in [2.24, 2.45) is 0 Å². The number of methoxy groups -OCH3 is 3. The number of carbonyl (C=O) groups is 2. The third kappa shape index (κ3) is 4.21. The Kier molecular flexibility index (Phi) is 6.51. The van der Waals surface area contributed by atoms with Crippen LogP contribution in [0.2, 0.25) is 0 Å². The topological polar surface area (TPSA) is 85.3 Å². The van der Waals surface area contributed by atoms with Crippen LogP contribution in [-0.2, 0) is 9.59 Å². The van der Waals surface area contributed by atoms with Crippen molar-refractivity contribution in [3.8, 4) is 17.2 Å². The Hall–Kier alpha value is -4.26. The number of aliphatic hydroxyl groups is 1. The molecule has 1 aliphatic rings. The van der Waals surface area contributed by atoms with Crippen LogP contribution in [0.1, 0.15) is 28.3 Å². The largest absolute Gasteiger partial charge is 0.507 e. The van der Waals surface area contributed by atoms with Gasteiger partial charge >= 0.3 is 0 Å². The van der Waals surface area contributed by atoms with Crippen molar-refractivity contribution in [3.05, 3.63) is 88.5 Å². The number of aryl methyl sites for hydroxylation is 2. The highest BCUT2D eigenvalue weighted by atomic mass is 16.5. The molecule has 7 nitrogen and oxygen atoms in total. The van der Waals surface area contributed by atoms with Gasteiger partial charge in [-0.05, 0) is 66.9 Å². The highest BCUT2D eigenvalue weighted by molar-refractivity contribution is 6.51. The first-order chi connectivity index (χ1) is 16.8. The second kappa shape index (κ2) is 9.54. The van der Waals surface area contributed by atoms with Crippen LogP contribution in [0.5, 0.6) is 17.2 Å². The van der Waals surface area contributed by atoms with Gasteiger partial charge in [-0.15, -0.1) is 0 Å². The van der Waals surface area contributed by atoms with Gasteiger partial charge in [-0.1, -0.05) is 18.2 Å². The summed E-state index contributed by atoms with van der Waals surface area (Å²) in [5, 5.41) is 11.4. The van der Waals surface area contributed by atoms with E-state index in [4.69, 9.17) is 14.2 Å². The summed E-state index contributed by atoms with van der Waals surface area (Å²) < 4.78 is 16.1. The number of hydrogen-bond donors (Lipinski definition) is 1. The van der Waals surface area contributed by atoms with Gasteiger partial charge in [-0.3, -0.25) is 14.5 Å². The van der Waals surface area contributed by atoms with Crippen LogP contribution >= 0.6 is 0 Å². The predicted octanol–water partition coefficient (Wildman–Crippen LogP) is 4.96. The van der Waals surface area contributed by atoms with Crippen molar-refractivity contribution in [3.63, 3.8) is 0 Å². The Morgan fingerprint density at radius 1 is 0.829 bits per heavy atom. The van der Waals surface area contributed by atoms with Crippen LogP contribution in [-0.4, -0.2) is 38.1 Å². The molecule has 1 N–H and O–H groups in total. The van der Waals surface area contributed by atoms with E-state index < -0.39 is 17.7 Å². The van der Waals surface area contributed by atoms with Gasteiger partial charge in [0.1, 0.15) is 23.0 Å². The number of ketones is 1. The number of aliphatic hydroxyl groups excluding tert-OH is 1. The van der Waals surface area contributed by atoms with Crippen LogP contribution < -0.4 is 19.1 Å². The fourth-order valence-electron chi connectivity index (χ4n) is 4.24. The molecule has 0 bridgehead atoms. The quantitative estimate of drug-likeness (QED) is 0.310. The van der Waals surface area contributed by atoms with Crippen molar-refractivity contribution in [1.82, 2.24) is 0 Å². The number of amides is 1. The molecule has 35 heavy (non-hydrogen) atoms. The SMILES string of the molecule is COc1cccc(C2/C(=C(/O)c3ccc(OC)cc3OC)C(=O)C(=O)N2c2ccc(C)c(C)c2)c1. The molecule has 0 saturated carbocycles. The molecule has 1 heterocycles. The van der Waals surface area contributed by atoms with Gasteiger partial charge < -0.3 is 19.3 Å². The second-order valence-electron chi connectivity index (χ2n) is 8.28. The van der Waals surface area contributed by atoms with Gasteiger partial charge in [0.15, 0.2) is 0 Å². The molecule has 1 aliphatic heterocycles. The summed E-state index contributed by atoms with van der Waals surface area (Å²) in [6.07, 6.45) is 0. The molecule has 4 rings (SSSR count). The van der Waals surface area contributed by atoms with E-state index in [9.17, 15) is 14.7 Å². The summed E-state index contributed by atoms with van der Waals surface area (Å²) in [6.45, 7) is 3.92. The minimum atomic E-state index is -0.876. The number of nitrogens with zero attached hydrogens (tertiary/aromatic N) is 1. The van der Waals surface area contributed by atoms with Gasteiger partial charge in [-0.2, -0.15) is 0 Å². The molecule has 1 fully saturated rings. The molecule has 1 unspecified atom stereocenters. The van der Waals surface area contributed by atoms with E-state index in [1.807, 2.05) is 26.0 Å². The Bertz CT molecular complexity index is 1340. The molecule has 3 aromatic rings. The molecule has 180 valence electrons. The van der Waals surface area contributed by atoms with Crippen molar-refractivity contribution < 1.29 is 28.9 Å². The molecular weight excluding hydrogens is 446 g/mol. The number of Topliss-reactive ketones (excluding diaryl/α,β-unsaturated/α-hetero) is 1. The maximum absolute atomic E-state index is 13.4. The van der Waals surface area contributed by atoms with Gasteiger partial charge in [0, 0.05) is 11.8 Å². The monoisotopic (exact) mass is 473 g/mol. The maximum Gasteiger partial charge on any atom is 0.300 e. The van der Waals surface area contributed by atoms with Crippen LogP contribution in [0.4, 0.5) is 5.69 Å². The fraction of sp³-hybridized carbons (Fsp3) is 0.214. The number of benzene rings is 3. The van der Waals surface area contributed by atoms with Crippen LogP contribution in [0.25, 0.3) is 5.76 Å². The lowest BCUT2D eigenvalue weighted by molar-refractivity contribution is -0.132. The normalized spacial score (nSPS) is 16.9. The maximum atomic E-state index is 13.4. The van der Waals surface area contributed by atoms with Crippen molar-refractivity contribution >= 4 is 23.1 Å². The molecule has 7 heteroatoms. The Balaban J connectivity index is 1.98. The minimum Gasteiger partial charge on any atom is -0.507 e. The second-order valence-corrected chi connectivity index (χ2v) is 8.28. The zero-order valence-electron chi connectivity index (χ0n) is 20.3. The molecule has 0 aromatic heterocycles. The first-order valence-corrected chi connectivity index (χ1v) is 11.0. The molecular formula is C28H27NO6. The van der Waals surface area contributed by atoms with Gasteiger partial charge in [-0.25, -0.2) is 0 Å². The smallest absolute Gasteiger partial charge is 0.300 e. The van der Waals surface area contributed by atoms with E-state index in [2.05, 4.69) is 0 Å². The number of anilines is 1. The van der Waals surface area contributed by atoms with Gasteiger partial charge in [0.25, 0.3) is 11.7 Å². The predicted molar refractivity (Wildman–Crippen MR) is 133 cm³/mol. The zero-order chi connectivity index (χ0) is 25.3. The van der Waals surface area contributed by atoms with E-state index in [0.717, 1.165) is 11.1 Å². The van der Waals surface area contributed by atoms with Crippen LogP contribution in [0.3, 0.4) is 0 Å². The minimum absolute atomic E-state index is 0.0371. The van der Waals surface area contributed by atoms with E-state index in [1.165, 1.54) is 19.1 Å². The molecule has 0 radical (unpaired) electrons. The third-order valence-electron chi connectivity index (χ3n) is 6.29. The number of carbonyl (C=O) groups excluding carboxylic acids is 2. The molecule has 1 atom stereocenters. The van der Waals surface area contributed by atoms with E-state index in [1.54, 1.807) is 55.6 Å². The number of ether oxygens (including phenoxy) is 3. The zero-order valence-corrected chi connectivity index (χ0v) is 20.3. The van der Waals surface area contributed by atoms with Gasteiger partial charge in [0.05, 0.1) is 38.5 Å². The lowest BCUT2D eigenvalue weighted by atomic mass is 9.94. The Morgan fingerprint density at radius 3 is 2.20 bits per heavy atom. The highest BCUT2D eigenvalue weighted by Crippen LogP contribution is 2.44. The lowest BCUT2D eigenvalue weighted by Gasteiger charge is -2.26. The summed E-state index contributed by atoms with van der Waals surface area (Å²) in [7, 11) is 4.52. The first-order valence-electron chi connectivity index (χ1n) is 11.0. The standard InChI is InChI=1S/C28H27NO6/c1-16-9-10-19(13-17(16)2)29-25(18-7-6-8-20(14-18)33-3)24(27(31)28(29)32)26(30)22-12-11-21(34-4)15-23(22)35-5/h6-15,25,30H,1-5H3/b26-24-. The van der Waals surface area contributed by atoms with E-state index in [-0.39, 0.29) is 16.9 Å². The van der Waals surface area contributed by atoms with Crippen LogP contribution in [0, 0.1) is 13.8 Å². The Labute approximate surface area is 204 Å². The number of hydrogen-bond acceptors (Lipinski definition) is 6. The number of rotatable bonds is 6. The summed E-state index contributed by atoms with van der Waals surface area (Å²) >= 11 is 0. The van der Waals surface area contributed by atoms with Crippen molar-refractivity contribution in [2.45, 2.75) is 19.9 Å². The van der Waals surface area contributed by atoms with Crippen molar-refractivity contribution in [1.29, 1.82) is 0 Å². The highest BCUT2D eigenvalue weighted by Gasteiger charge is 2.47. The fourth-order valence-corrected chi connectivity index (χ4v) is 4.24. The first kappa shape index (κ1) is 23.9. The molecule has 1 saturated heterocycles. The van der Waals surface area contributed by atoms with Crippen LogP contribution in [0.15, 0.2) is 66.2 Å². The summed E-state index contributed by atoms with van der Waals surface area (Å²) in [6, 6.07) is 16.6. The molecule has 0 aliphatic carbocycles. The van der Waals surface area contributed by atoms with E-state index >= 15 is 0 Å². The molecule has 1 amide bonds. The summed E-state index contributed by atoms with van der Waals surface area (Å²) in [5.74, 6) is -0.444. The third-order valence-corrected chi connectivity index (χ3v) is 6.29. The Morgan fingerprint density at radius 2 is 1.54 bits per heavy atom. The molecule has 0 spiro atoms. The van der Waals surface area contributed by atoms with E-state index in [0.29, 0.717) is 28.5 Å². The van der Waals surface area contributed by atoms with Crippen molar-refractivity contribution in [2.75, 3.05) is 26.2 Å². The lowest BCUT2D eigenvalue weighted by Crippen LogP contribution is -2.29. The summed E-state index contributed by atoms with van der Waals surface area (Å²) in [4.78, 5) is 28.2. The van der Waals surface area contributed by atoms with Gasteiger partial charge in [0.2, 0.25) is 0 Å². The average Bonchev–Trinajstić information content (AvgIpc) is 3.15.